The summed E-state index contributed by atoms with van der Waals surface area (Å²) in [6, 6.07) is 15.8. The molecule has 0 radical (unpaired) electrons. The molecular weight excluding hydrogens is 418 g/mol. The highest BCUT2D eigenvalue weighted by Gasteiger charge is 2.25. The number of pyridine rings is 1. The summed E-state index contributed by atoms with van der Waals surface area (Å²) in [5, 5.41) is 1.13. The lowest BCUT2D eigenvalue weighted by Gasteiger charge is -2.35. The van der Waals surface area contributed by atoms with Gasteiger partial charge in [-0.3, -0.25) is 4.79 Å². The van der Waals surface area contributed by atoms with Gasteiger partial charge < -0.3 is 24.0 Å². The minimum Gasteiger partial charge on any atom is -0.490 e. The average molecular weight is 450 g/mol. The van der Waals surface area contributed by atoms with Crippen molar-refractivity contribution >= 4 is 22.6 Å². The highest BCUT2D eigenvalue weighted by Crippen LogP contribution is 2.39. The third-order valence-electron chi connectivity index (χ3n) is 5.63. The molecule has 0 bridgehead atoms. The number of benzene rings is 2. The van der Waals surface area contributed by atoms with E-state index in [2.05, 4.69) is 23.1 Å². The Morgan fingerprint density at radius 3 is 2.12 bits per heavy atom. The second-order valence-electron chi connectivity index (χ2n) is 7.74. The van der Waals surface area contributed by atoms with Crippen LogP contribution in [0.3, 0.4) is 0 Å². The first-order chi connectivity index (χ1) is 16.1. The number of piperazine rings is 1. The van der Waals surface area contributed by atoms with E-state index in [1.807, 2.05) is 43.9 Å². The van der Waals surface area contributed by atoms with Crippen LogP contribution in [-0.4, -0.2) is 61.8 Å². The van der Waals surface area contributed by atoms with Gasteiger partial charge in [0.25, 0.3) is 5.91 Å². The first kappa shape index (κ1) is 22.7. The van der Waals surface area contributed by atoms with Crippen LogP contribution in [0, 0.1) is 0 Å². The molecule has 0 unspecified atom stereocenters. The van der Waals surface area contributed by atoms with Gasteiger partial charge >= 0.3 is 0 Å². The second kappa shape index (κ2) is 10.4. The van der Waals surface area contributed by atoms with Crippen molar-refractivity contribution in [2.75, 3.05) is 50.9 Å². The van der Waals surface area contributed by atoms with Crippen LogP contribution in [0.1, 0.15) is 31.1 Å². The van der Waals surface area contributed by atoms with E-state index in [1.54, 1.807) is 12.1 Å². The summed E-state index contributed by atoms with van der Waals surface area (Å²) in [5.41, 5.74) is 1.53. The van der Waals surface area contributed by atoms with Crippen LogP contribution in [0.5, 0.6) is 17.2 Å². The predicted octanol–water partition coefficient (Wildman–Crippen LogP) is 4.39. The van der Waals surface area contributed by atoms with Gasteiger partial charge in [-0.05, 0) is 51.1 Å². The Bertz CT molecular complexity index is 1080. The molecule has 1 amide bonds. The molecule has 2 aromatic carbocycles. The van der Waals surface area contributed by atoms with E-state index < -0.39 is 0 Å². The Morgan fingerprint density at radius 2 is 1.48 bits per heavy atom. The summed E-state index contributed by atoms with van der Waals surface area (Å²) < 4.78 is 17.3. The normalized spacial score (nSPS) is 13.8. The number of fused-ring (bicyclic) bond motifs is 1. The molecule has 0 spiro atoms. The van der Waals surface area contributed by atoms with Gasteiger partial charge in [-0.1, -0.05) is 18.2 Å². The highest BCUT2D eigenvalue weighted by atomic mass is 16.5. The van der Waals surface area contributed by atoms with Crippen molar-refractivity contribution in [1.29, 1.82) is 0 Å². The molecule has 1 aromatic heterocycles. The number of amides is 1. The van der Waals surface area contributed by atoms with Gasteiger partial charge in [0, 0.05) is 37.1 Å². The standard InChI is InChI=1S/C26H31N3O4/c1-4-31-22-17-20(18-23(32-5-2)25(22)33-6-3)26(30)29-15-13-28(14-16-29)24-12-11-19-9-7-8-10-21(19)27-24/h7-12,17-18H,4-6,13-16H2,1-3H3. The van der Waals surface area contributed by atoms with Gasteiger partial charge in [0.15, 0.2) is 11.5 Å². The zero-order valence-electron chi connectivity index (χ0n) is 19.5. The summed E-state index contributed by atoms with van der Waals surface area (Å²) in [7, 11) is 0. The molecule has 7 heteroatoms. The Kier molecular flexibility index (Phi) is 7.17. The molecule has 3 aromatic rings. The third-order valence-corrected chi connectivity index (χ3v) is 5.63. The van der Waals surface area contributed by atoms with E-state index >= 15 is 0 Å². The van der Waals surface area contributed by atoms with E-state index in [-0.39, 0.29) is 5.91 Å². The summed E-state index contributed by atoms with van der Waals surface area (Å²) in [4.78, 5) is 22.2. The Balaban J connectivity index is 1.50. The molecule has 1 aliphatic heterocycles. The van der Waals surface area contributed by atoms with Crippen LogP contribution in [0.4, 0.5) is 5.82 Å². The lowest BCUT2D eigenvalue weighted by atomic mass is 10.1. The lowest BCUT2D eigenvalue weighted by Crippen LogP contribution is -2.49. The molecule has 0 N–H and O–H groups in total. The maximum Gasteiger partial charge on any atom is 0.254 e. The minimum absolute atomic E-state index is 0.0360. The number of anilines is 1. The van der Waals surface area contributed by atoms with Gasteiger partial charge in [-0.15, -0.1) is 0 Å². The third kappa shape index (κ3) is 4.97. The quantitative estimate of drug-likeness (QED) is 0.508. The van der Waals surface area contributed by atoms with Gasteiger partial charge in [0.1, 0.15) is 5.82 Å². The lowest BCUT2D eigenvalue weighted by molar-refractivity contribution is 0.0745. The van der Waals surface area contributed by atoms with E-state index in [9.17, 15) is 4.79 Å². The fourth-order valence-corrected chi connectivity index (χ4v) is 4.06. The van der Waals surface area contributed by atoms with Crippen molar-refractivity contribution < 1.29 is 19.0 Å². The summed E-state index contributed by atoms with van der Waals surface area (Å²) in [6.07, 6.45) is 0. The number of ether oxygens (including phenoxy) is 3. The molecule has 0 atom stereocenters. The Morgan fingerprint density at radius 1 is 0.848 bits per heavy atom. The molecule has 2 heterocycles. The van der Waals surface area contributed by atoms with E-state index in [4.69, 9.17) is 19.2 Å². The Hall–Kier alpha value is -3.48. The fourth-order valence-electron chi connectivity index (χ4n) is 4.06. The van der Waals surface area contributed by atoms with Crippen LogP contribution in [0.2, 0.25) is 0 Å². The smallest absolute Gasteiger partial charge is 0.254 e. The summed E-state index contributed by atoms with van der Waals surface area (Å²) in [6.45, 7) is 9.85. The van der Waals surface area contributed by atoms with Crippen molar-refractivity contribution in [2.45, 2.75) is 20.8 Å². The molecule has 1 fully saturated rings. The van der Waals surface area contributed by atoms with E-state index in [1.165, 1.54) is 0 Å². The first-order valence-electron chi connectivity index (χ1n) is 11.6. The van der Waals surface area contributed by atoms with Crippen LogP contribution in [0.25, 0.3) is 10.9 Å². The van der Waals surface area contributed by atoms with Crippen LogP contribution in [-0.2, 0) is 0 Å². The van der Waals surface area contributed by atoms with E-state index in [0.717, 1.165) is 29.8 Å². The number of aromatic nitrogens is 1. The Labute approximate surface area is 194 Å². The molecule has 0 saturated carbocycles. The maximum absolute atomic E-state index is 13.3. The highest BCUT2D eigenvalue weighted by molar-refractivity contribution is 5.96. The molecule has 33 heavy (non-hydrogen) atoms. The monoisotopic (exact) mass is 449 g/mol. The van der Waals surface area contributed by atoms with Crippen LogP contribution >= 0.6 is 0 Å². The largest absolute Gasteiger partial charge is 0.490 e. The first-order valence-corrected chi connectivity index (χ1v) is 11.6. The number of hydrogen-bond acceptors (Lipinski definition) is 6. The van der Waals surface area contributed by atoms with Crippen LogP contribution in [0.15, 0.2) is 48.5 Å². The van der Waals surface area contributed by atoms with Gasteiger partial charge in [0.05, 0.1) is 25.3 Å². The molecule has 1 saturated heterocycles. The van der Waals surface area contributed by atoms with Crippen molar-refractivity contribution in [2.24, 2.45) is 0 Å². The second-order valence-corrected chi connectivity index (χ2v) is 7.74. The van der Waals surface area contributed by atoms with Gasteiger partial charge in [-0.25, -0.2) is 4.98 Å². The molecule has 7 nitrogen and oxygen atoms in total. The number of nitrogens with zero attached hydrogens (tertiary/aromatic N) is 3. The number of para-hydroxylation sites is 1. The van der Waals surface area contributed by atoms with Crippen molar-refractivity contribution in [3.05, 3.63) is 54.1 Å². The van der Waals surface area contributed by atoms with Crippen molar-refractivity contribution in [3.8, 4) is 17.2 Å². The number of hydrogen-bond donors (Lipinski definition) is 0. The predicted molar refractivity (Wildman–Crippen MR) is 130 cm³/mol. The summed E-state index contributed by atoms with van der Waals surface area (Å²) in [5.74, 6) is 2.52. The SMILES string of the molecule is CCOc1cc(C(=O)N2CCN(c3ccc4ccccc4n3)CC2)cc(OCC)c1OCC. The van der Waals surface area contributed by atoms with Crippen molar-refractivity contribution in [3.63, 3.8) is 0 Å². The zero-order chi connectivity index (χ0) is 23.2. The van der Waals surface area contributed by atoms with Crippen molar-refractivity contribution in [1.82, 2.24) is 9.88 Å². The number of carbonyl (C=O) groups is 1. The zero-order valence-corrected chi connectivity index (χ0v) is 19.5. The maximum atomic E-state index is 13.3. The van der Waals surface area contributed by atoms with E-state index in [0.29, 0.717) is 55.7 Å². The molecule has 0 aliphatic carbocycles. The minimum atomic E-state index is -0.0360. The van der Waals surface area contributed by atoms with Gasteiger partial charge in [-0.2, -0.15) is 0 Å². The number of rotatable bonds is 8. The topological polar surface area (TPSA) is 64.1 Å². The number of carbonyl (C=O) groups excluding carboxylic acids is 1. The fraction of sp³-hybridized carbons (Fsp3) is 0.385. The molecule has 174 valence electrons. The molecule has 1 aliphatic rings. The van der Waals surface area contributed by atoms with Crippen LogP contribution < -0.4 is 19.1 Å². The molecular formula is C26H31N3O4. The molecule has 4 rings (SSSR count). The van der Waals surface area contributed by atoms with Gasteiger partial charge in [0.2, 0.25) is 5.75 Å². The summed E-state index contributed by atoms with van der Waals surface area (Å²) >= 11 is 0. The average Bonchev–Trinajstić information content (AvgIpc) is 2.85.